The summed E-state index contributed by atoms with van der Waals surface area (Å²) in [5, 5.41) is 2.99. The summed E-state index contributed by atoms with van der Waals surface area (Å²) in [6.45, 7) is 4.81. The average molecular weight is 579 g/mol. The Morgan fingerprint density at radius 2 is 1.49 bits per heavy atom. The molecule has 212 valence electrons. The average Bonchev–Trinajstić information content (AvgIpc) is 3.20. The fraction of sp³-hybridized carbons (Fsp3) is 0.219. The van der Waals surface area contributed by atoms with E-state index in [9.17, 15) is 27.6 Å². The van der Waals surface area contributed by atoms with Gasteiger partial charge in [0, 0.05) is 11.5 Å². The number of halogens is 3. The van der Waals surface area contributed by atoms with Gasteiger partial charge in [-0.2, -0.15) is 13.2 Å². The standard InChI is InChI=1S/C32H29F3N2O3S/c1-31(2,3)26(38)19-28-37(30(40)25(41-28)18-21-11-10-16-24(17-21)32(33,34)35)20-27(39)36-29(22-12-6-4-7-13-22)23-14-8-5-9-15-23/h4-19,29H,20H2,1-3H3,(H,36,39)/b25-18-,28-19+. The number of alkyl halides is 3. The summed E-state index contributed by atoms with van der Waals surface area (Å²) in [5.74, 6) is -0.726. The summed E-state index contributed by atoms with van der Waals surface area (Å²) in [6, 6.07) is 22.9. The van der Waals surface area contributed by atoms with E-state index < -0.39 is 34.7 Å². The van der Waals surface area contributed by atoms with Gasteiger partial charge in [-0.15, -0.1) is 11.3 Å². The molecule has 0 saturated heterocycles. The van der Waals surface area contributed by atoms with Crippen molar-refractivity contribution in [1.82, 2.24) is 9.88 Å². The van der Waals surface area contributed by atoms with Crippen LogP contribution in [0.4, 0.5) is 13.2 Å². The molecule has 0 aliphatic carbocycles. The number of Topliss-reactive ketones (excluding diaryl/α,β-unsaturated/α-hetero) is 1. The summed E-state index contributed by atoms with van der Waals surface area (Å²) >= 11 is 0.950. The second-order valence-electron chi connectivity index (χ2n) is 10.5. The molecule has 0 aliphatic rings. The third-order valence-corrected chi connectivity index (χ3v) is 7.37. The fourth-order valence-electron chi connectivity index (χ4n) is 4.08. The molecule has 0 aliphatic heterocycles. The van der Waals surface area contributed by atoms with Gasteiger partial charge in [0.1, 0.15) is 11.2 Å². The van der Waals surface area contributed by atoms with Crippen molar-refractivity contribution in [1.29, 1.82) is 0 Å². The highest BCUT2D eigenvalue weighted by Gasteiger charge is 2.30. The first kappa shape index (κ1) is 29.7. The monoisotopic (exact) mass is 578 g/mol. The van der Waals surface area contributed by atoms with Crippen LogP contribution in [0.25, 0.3) is 12.2 Å². The summed E-state index contributed by atoms with van der Waals surface area (Å²) in [7, 11) is 0. The lowest BCUT2D eigenvalue weighted by molar-refractivity contribution is -0.137. The third kappa shape index (κ3) is 7.49. The van der Waals surface area contributed by atoms with E-state index in [0.717, 1.165) is 34.6 Å². The van der Waals surface area contributed by atoms with Gasteiger partial charge in [0.15, 0.2) is 5.78 Å². The van der Waals surface area contributed by atoms with Crippen LogP contribution in [0.15, 0.2) is 89.7 Å². The number of rotatable bonds is 7. The highest BCUT2D eigenvalue weighted by molar-refractivity contribution is 7.07. The van der Waals surface area contributed by atoms with Gasteiger partial charge >= 0.3 is 6.18 Å². The van der Waals surface area contributed by atoms with Crippen molar-refractivity contribution < 1.29 is 22.8 Å². The predicted molar refractivity (Wildman–Crippen MR) is 155 cm³/mol. The van der Waals surface area contributed by atoms with Crippen LogP contribution in [-0.4, -0.2) is 16.3 Å². The van der Waals surface area contributed by atoms with Crippen LogP contribution < -0.4 is 20.1 Å². The molecule has 0 unspecified atom stereocenters. The number of carbonyl (C=O) groups excluding carboxylic acids is 2. The normalized spacial score (nSPS) is 13.0. The van der Waals surface area contributed by atoms with E-state index in [2.05, 4.69) is 5.32 Å². The molecule has 3 aromatic carbocycles. The molecular weight excluding hydrogens is 549 g/mol. The minimum atomic E-state index is -4.54. The van der Waals surface area contributed by atoms with Gasteiger partial charge in [-0.05, 0) is 34.9 Å². The molecule has 0 spiro atoms. The van der Waals surface area contributed by atoms with E-state index >= 15 is 0 Å². The van der Waals surface area contributed by atoms with E-state index in [0.29, 0.717) is 0 Å². The Morgan fingerprint density at radius 1 is 0.902 bits per heavy atom. The minimum Gasteiger partial charge on any atom is -0.344 e. The van der Waals surface area contributed by atoms with Crippen molar-refractivity contribution in [3.05, 3.63) is 127 Å². The maximum absolute atomic E-state index is 13.5. The number of nitrogens with one attached hydrogen (secondary N) is 1. The Hall–Kier alpha value is -4.24. The third-order valence-electron chi connectivity index (χ3n) is 6.31. The number of aromatic nitrogens is 1. The number of amides is 1. The Morgan fingerprint density at radius 3 is 2.02 bits per heavy atom. The molecule has 0 fully saturated rings. The second kappa shape index (κ2) is 12.1. The van der Waals surface area contributed by atoms with Crippen molar-refractivity contribution in [3.63, 3.8) is 0 Å². The molecular formula is C32H29F3N2O3S. The largest absolute Gasteiger partial charge is 0.416 e. The van der Waals surface area contributed by atoms with E-state index in [1.165, 1.54) is 28.9 Å². The Kier molecular flexibility index (Phi) is 8.77. The van der Waals surface area contributed by atoms with Crippen LogP contribution in [0.1, 0.15) is 49.1 Å². The van der Waals surface area contributed by atoms with Gasteiger partial charge in [-0.3, -0.25) is 19.0 Å². The van der Waals surface area contributed by atoms with Gasteiger partial charge in [0.2, 0.25) is 5.91 Å². The van der Waals surface area contributed by atoms with E-state index in [1.807, 2.05) is 60.7 Å². The van der Waals surface area contributed by atoms with Crippen molar-refractivity contribution in [2.75, 3.05) is 0 Å². The molecule has 0 bridgehead atoms. The quantitative estimate of drug-likeness (QED) is 0.334. The zero-order chi connectivity index (χ0) is 29.8. The maximum atomic E-state index is 13.5. The highest BCUT2D eigenvalue weighted by Crippen LogP contribution is 2.29. The topological polar surface area (TPSA) is 68.2 Å². The van der Waals surface area contributed by atoms with Crippen molar-refractivity contribution in [2.24, 2.45) is 5.41 Å². The maximum Gasteiger partial charge on any atom is 0.416 e. The molecule has 4 aromatic rings. The van der Waals surface area contributed by atoms with Crippen molar-refractivity contribution in [2.45, 2.75) is 39.5 Å². The summed E-state index contributed by atoms with van der Waals surface area (Å²) < 4.78 is 41.2. The number of benzene rings is 3. The molecule has 1 aromatic heterocycles. The van der Waals surface area contributed by atoms with Crippen LogP contribution in [-0.2, 0) is 22.3 Å². The Bertz CT molecular complexity index is 1680. The number of thiazole rings is 1. The smallest absolute Gasteiger partial charge is 0.344 e. The van der Waals surface area contributed by atoms with Crippen LogP contribution in [0.5, 0.6) is 0 Å². The molecule has 5 nitrogen and oxygen atoms in total. The Balaban J connectivity index is 1.76. The van der Waals surface area contributed by atoms with E-state index in [-0.39, 0.29) is 27.1 Å². The van der Waals surface area contributed by atoms with Crippen LogP contribution in [0.3, 0.4) is 0 Å². The number of carbonyl (C=O) groups is 2. The zero-order valence-corrected chi connectivity index (χ0v) is 23.6. The molecule has 0 saturated carbocycles. The Labute approximate surface area is 239 Å². The van der Waals surface area contributed by atoms with Gasteiger partial charge in [0.25, 0.3) is 5.56 Å². The molecule has 4 rings (SSSR count). The molecule has 1 amide bonds. The summed E-state index contributed by atoms with van der Waals surface area (Å²) in [4.78, 5) is 39.7. The lowest BCUT2D eigenvalue weighted by atomic mass is 9.91. The van der Waals surface area contributed by atoms with Crippen LogP contribution >= 0.6 is 11.3 Å². The second-order valence-corrected chi connectivity index (χ2v) is 11.6. The number of ketones is 1. The molecule has 1 N–H and O–H groups in total. The molecule has 41 heavy (non-hydrogen) atoms. The van der Waals surface area contributed by atoms with E-state index in [4.69, 9.17) is 0 Å². The van der Waals surface area contributed by atoms with E-state index in [1.54, 1.807) is 20.8 Å². The fourth-order valence-corrected chi connectivity index (χ4v) is 5.12. The lowest BCUT2D eigenvalue weighted by Gasteiger charge is -2.20. The number of nitrogens with zero attached hydrogens (tertiary/aromatic N) is 1. The first-order chi connectivity index (χ1) is 19.3. The first-order valence-electron chi connectivity index (χ1n) is 12.9. The minimum absolute atomic E-state index is 0.104. The van der Waals surface area contributed by atoms with Crippen LogP contribution in [0.2, 0.25) is 0 Å². The highest BCUT2D eigenvalue weighted by atomic mass is 32.1. The summed E-state index contributed by atoms with van der Waals surface area (Å²) in [5.41, 5.74) is -0.298. The molecule has 1 heterocycles. The SMILES string of the molecule is CC(C)(C)C(=O)/C=c1/s/c(=C\c2cccc(C(F)(F)F)c2)c(=O)n1CC(=O)NC(c1ccccc1)c1ccccc1. The van der Waals surface area contributed by atoms with Crippen molar-refractivity contribution >= 4 is 35.2 Å². The predicted octanol–water partition coefficient (Wildman–Crippen LogP) is 5.06. The zero-order valence-electron chi connectivity index (χ0n) is 22.7. The molecule has 9 heteroatoms. The van der Waals surface area contributed by atoms with Gasteiger partial charge in [0.05, 0.1) is 16.1 Å². The van der Waals surface area contributed by atoms with Gasteiger partial charge in [-0.25, -0.2) is 0 Å². The van der Waals surface area contributed by atoms with Gasteiger partial charge in [-0.1, -0.05) is 93.6 Å². The number of hydrogen-bond acceptors (Lipinski definition) is 4. The van der Waals surface area contributed by atoms with Crippen LogP contribution in [0, 0.1) is 5.41 Å². The first-order valence-corrected chi connectivity index (χ1v) is 13.7. The lowest BCUT2D eigenvalue weighted by Crippen LogP contribution is -2.40. The summed E-state index contributed by atoms with van der Waals surface area (Å²) in [6.07, 6.45) is -1.88. The van der Waals surface area contributed by atoms with Gasteiger partial charge < -0.3 is 5.32 Å². The molecule has 0 radical (unpaired) electrons. The molecule has 0 atom stereocenters. The van der Waals surface area contributed by atoms with Crippen molar-refractivity contribution in [3.8, 4) is 0 Å². The number of hydrogen-bond donors (Lipinski definition) is 1.